The van der Waals surface area contributed by atoms with Gasteiger partial charge < -0.3 is 15.1 Å². The molecule has 1 fully saturated rings. The van der Waals surface area contributed by atoms with Gasteiger partial charge in [-0.15, -0.1) is 0 Å². The minimum Gasteiger partial charge on any atom is -0.339 e. The van der Waals surface area contributed by atoms with E-state index >= 15 is 0 Å². The van der Waals surface area contributed by atoms with Gasteiger partial charge in [-0.1, -0.05) is 18.2 Å². The van der Waals surface area contributed by atoms with E-state index in [9.17, 15) is 14.0 Å². The second-order valence-electron chi connectivity index (χ2n) is 5.08. The Kier molecular flexibility index (Phi) is 5.27. The summed E-state index contributed by atoms with van der Waals surface area (Å²) >= 11 is 0. The Morgan fingerprint density at radius 2 is 1.76 bits per heavy atom. The third kappa shape index (κ3) is 4.26. The van der Waals surface area contributed by atoms with Crippen molar-refractivity contribution in [2.75, 3.05) is 32.7 Å². The number of halogens is 1. The second-order valence-corrected chi connectivity index (χ2v) is 5.08. The molecular formula is C15H20FN3O2. The molecule has 0 saturated carbocycles. The summed E-state index contributed by atoms with van der Waals surface area (Å²) in [6, 6.07) is 6.50. The van der Waals surface area contributed by atoms with Crippen LogP contribution in [0.25, 0.3) is 0 Å². The molecule has 21 heavy (non-hydrogen) atoms. The number of nitrogens with one attached hydrogen (secondary N) is 1. The van der Waals surface area contributed by atoms with Crippen LogP contribution < -0.4 is 5.32 Å². The minimum absolute atomic E-state index is 0.0189. The SMILES string of the molecule is CC(=O)N1CCN(C(=O)CNCc2ccccc2F)CC1. The summed E-state index contributed by atoms with van der Waals surface area (Å²) in [6.45, 7) is 4.30. The van der Waals surface area contributed by atoms with E-state index in [1.807, 2.05) is 0 Å². The minimum atomic E-state index is -0.271. The molecule has 0 unspecified atom stereocenters. The zero-order valence-electron chi connectivity index (χ0n) is 12.1. The van der Waals surface area contributed by atoms with Gasteiger partial charge in [0.25, 0.3) is 0 Å². The Bertz CT molecular complexity index is 513. The van der Waals surface area contributed by atoms with E-state index in [1.54, 1.807) is 28.0 Å². The lowest BCUT2D eigenvalue weighted by molar-refractivity contribution is -0.137. The Hall–Kier alpha value is -1.95. The maximum Gasteiger partial charge on any atom is 0.236 e. The first-order valence-corrected chi connectivity index (χ1v) is 7.05. The Morgan fingerprint density at radius 3 is 2.38 bits per heavy atom. The van der Waals surface area contributed by atoms with Crippen molar-refractivity contribution >= 4 is 11.8 Å². The molecule has 114 valence electrons. The van der Waals surface area contributed by atoms with E-state index in [2.05, 4.69) is 5.32 Å². The van der Waals surface area contributed by atoms with Crippen molar-refractivity contribution in [3.05, 3.63) is 35.6 Å². The molecule has 1 N–H and O–H groups in total. The van der Waals surface area contributed by atoms with Crippen LogP contribution in [0.3, 0.4) is 0 Å². The van der Waals surface area contributed by atoms with E-state index in [-0.39, 0.29) is 24.2 Å². The van der Waals surface area contributed by atoms with Gasteiger partial charge in [0.2, 0.25) is 11.8 Å². The van der Waals surface area contributed by atoms with Gasteiger partial charge >= 0.3 is 0 Å². The predicted molar refractivity (Wildman–Crippen MR) is 76.9 cm³/mol. The number of benzene rings is 1. The highest BCUT2D eigenvalue weighted by atomic mass is 19.1. The lowest BCUT2D eigenvalue weighted by atomic mass is 10.2. The van der Waals surface area contributed by atoms with E-state index < -0.39 is 0 Å². The van der Waals surface area contributed by atoms with Gasteiger partial charge in [0.05, 0.1) is 6.54 Å². The van der Waals surface area contributed by atoms with Crippen LogP contribution in [0.4, 0.5) is 4.39 Å². The molecule has 1 aliphatic rings. The van der Waals surface area contributed by atoms with Gasteiger partial charge in [0, 0.05) is 45.2 Å². The highest BCUT2D eigenvalue weighted by Gasteiger charge is 2.21. The lowest BCUT2D eigenvalue weighted by Crippen LogP contribution is -2.51. The quantitative estimate of drug-likeness (QED) is 0.885. The summed E-state index contributed by atoms with van der Waals surface area (Å²) < 4.78 is 13.4. The summed E-state index contributed by atoms with van der Waals surface area (Å²) in [4.78, 5) is 26.7. The number of hydrogen-bond acceptors (Lipinski definition) is 3. The molecule has 5 nitrogen and oxygen atoms in total. The monoisotopic (exact) mass is 293 g/mol. The number of carbonyl (C=O) groups excluding carboxylic acids is 2. The molecule has 0 aromatic heterocycles. The smallest absolute Gasteiger partial charge is 0.236 e. The van der Waals surface area contributed by atoms with Crippen molar-refractivity contribution in [1.82, 2.24) is 15.1 Å². The van der Waals surface area contributed by atoms with Gasteiger partial charge in [-0.2, -0.15) is 0 Å². The second kappa shape index (κ2) is 7.17. The average molecular weight is 293 g/mol. The molecule has 0 atom stereocenters. The first-order valence-electron chi connectivity index (χ1n) is 7.05. The summed E-state index contributed by atoms with van der Waals surface area (Å²) in [6.07, 6.45) is 0. The molecule has 1 aromatic rings. The summed E-state index contributed by atoms with van der Waals surface area (Å²) in [5.74, 6) is -0.248. The van der Waals surface area contributed by atoms with Crippen molar-refractivity contribution < 1.29 is 14.0 Å². The largest absolute Gasteiger partial charge is 0.339 e. The zero-order valence-corrected chi connectivity index (χ0v) is 12.1. The van der Waals surface area contributed by atoms with E-state index in [1.165, 1.54) is 13.0 Å². The standard InChI is InChI=1S/C15H20FN3O2/c1-12(20)18-6-8-19(9-7-18)15(21)11-17-10-13-4-2-3-5-14(13)16/h2-5,17H,6-11H2,1H3. The van der Waals surface area contributed by atoms with Crippen molar-refractivity contribution in [3.63, 3.8) is 0 Å². The van der Waals surface area contributed by atoms with Crippen molar-refractivity contribution in [2.45, 2.75) is 13.5 Å². The molecule has 0 bridgehead atoms. The number of rotatable bonds is 4. The summed E-state index contributed by atoms with van der Waals surface area (Å²) in [5.41, 5.74) is 0.548. The van der Waals surface area contributed by atoms with Crippen LogP contribution in [-0.4, -0.2) is 54.3 Å². The van der Waals surface area contributed by atoms with Gasteiger partial charge in [-0.3, -0.25) is 9.59 Å². The van der Waals surface area contributed by atoms with Gasteiger partial charge in [-0.05, 0) is 6.07 Å². The van der Waals surface area contributed by atoms with Gasteiger partial charge in [0.1, 0.15) is 5.82 Å². The highest BCUT2D eigenvalue weighted by molar-refractivity contribution is 5.79. The number of hydrogen-bond donors (Lipinski definition) is 1. The molecular weight excluding hydrogens is 273 g/mol. The molecule has 2 rings (SSSR count). The van der Waals surface area contributed by atoms with Crippen molar-refractivity contribution in [2.24, 2.45) is 0 Å². The number of amides is 2. The fraction of sp³-hybridized carbons (Fsp3) is 0.467. The molecule has 1 aliphatic heterocycles. The molecule has 1 saturated heterocycles. The van der Waals surface area contributed by atoms with Crippen molar-refractivity contribution in [1.29, 1.82) is 0 Å². The van der Waals surface area contributed by atoms with Crippen LogP contribution in [0, 0.1) is 5.82 Å². The van der Waals surface area contributed by atoms with Crippen LogP contribution in [0.1, 0.15) is 12.5 Å². The lowest BCUT2D eigenvalue weighted by Gasteiger charge is -2.34. The van der Waals surface area contributed by atoms with E-state index in [0.29, 0.717) is 38.3 Å². The topological polar surface area (TPSA) is 52.7 Å². The molecule has 6 heteroatoms. The van der Waals surface area contributed by atoms with Crippen LogP contribution in [0.15, 0.2) is 24.3 Å². The molecule has 0 aliphatic carbocycles. The molecule has 1 heterocycles. The first-order chi connectivity index (χ1) is 10.1. The third-order valence-electron chi connectivity index (χ3n) is 3.63. The maximum absolute atomic E-state index is 13.4. The van der Waals surface area contributed by atoms with Gasteiger partial charge in [0.15, 0.2) is 0 Å². The van der Waals surface area contributed by atoms with Crippen LogP contribution >= 0.6 is 0 Å². The first kappa shape index (κ1) is 15.4. The number of carbonyl (C=O) groups is 2. The molecule has 0 radical (unpaired) electrons. The Labute approximate surface area is 123 Å². The van der Waals surface area contributed by atoms with E-state index in [0.717, 1.165) is 0 Å². The summed E-state index contributed by atoms with van der Waals surface area (Å²) in [5, 5.41) is 2.96. The van der Waals surface area contributed by atoms with Crippen LogP contribution in [-0.2, 0) is 16.1 Å². The Balaban J connectivity index is 1.73. The number of piperazine rings is 1. The Morgan fingerprint density at radius 1 is 1.14 bits per heavy atom. The fourth-order valence-corrected chi connectivity index (χ4v) is 2.33. The molecule has 0 spiro atoms. The predicted octanol–water partition coefficient (Wildman–Crippen LogP) is 0.606. The molecule has 2 amide bonds. The summed E-state index contributed by atoms with van der Waals surface area (Å²) in [7, 11) is 0. The number of nitrogens with zero attached hydrogens (tertiary/aromatic N) is 2. The molecule has 1 aromatic carbocycles. The highest BCUT2D eigenvalue weighted by Crippen LogP contribution is 2.06. The third-order valence-corrected chi connectivity index (χ3v) is 3.63. The van der Waals surface area contributed by atoms with Crippen LogP contribution in [0.5, 0.6) is 0 Å². The van der Waals surface area contributed by atoms with Gasteiger partial charge in [-0.25, -0.2) is 4.39 Å². The van der Waals surface area contributed by atoms with E-state index in [4.69, 9.17) is 0 Å². The van der Waals surface area contributed by atoms with Crippen LogP contribution in [0.2, 0.25) is 0 Å². The normalized spacial score (nSPS) is 15.1. The average Bonchev–Trinajstić information content (AvgIpc) is 2.49. The van der Waals surface area contributed by atoms with Crippen molar-refractivity contribution in [3.8, 4) is 0 Å². The zero-order chi connectivity index (χ0) is 15.2. The fourth-order valence-electron chi connectivity index (χ4n) is 2.33. The maximum atomic E-state index is 13.4.